The van der Waals surface area contributed by atoms with E-state index in [2.05, 4.69) is 0 Å². The summed E-state index contributed by atoms with van der Waals surface area (Å²) in [6.45, 7) is 6.72. The van der Waals surface area contributed by atoms with Gasteiger partial charge in [-0.2, -0.15) is 0 Å². The zero-order valence-electron chi connectivity index (χ0n) is 11.2. The molecule has 0 aliphatic rings. The van der Waals surface area contributed by atoms with Gasteiger partial charge in [-0.3, -0.25) is 9.59 Å². The summed E-state index contributed by atoms with van der Waals surface area (Å²) in [6, 6.07) is 0. The normalized spacial score (nSPS) is 12.1. The van der Waals surface area contributed by atoms with Crippen molar-refractivity contribution in [1.82, 2.24) is 4.90 Å². The first-order valence-corrected chi connectivity index (χ1v) is 5.65. The minimum Gasteiger partial charge on any atom is -0.478 e. The van der Waals surface area contributed by atoms with Crippen molar-refractivity contribution in [2.45, 2.75) is 27.7 Å². The molecule has 6 heteroatoms. The minimum atomic E-state index is -1.15. The van der Waals surface area contributed by atoms with Crippen molar-refractivity contribution in [2.75, 3.05) is 13.1 Å². The number of hydrogen-bond donors (Lipinski definition) is 2. The van der Waals surface area contributed by atoms with E-state index in [0.717, 1.165) is 0 Å². The number of aliphatic carboxylic acids is 1. The smallest absolute Gasteiger partial charge is 0.331 e. The lowest BCUT2D eigenvalue weighted by atomic mass is 10.1. The maximum absolute atomic E-state index is 12.1. The number of rotatable bonds is 6. The van der Waals surface area contributed by atoms with Crippen LogP contribution < -0.4 is 5.73 Å². The lowest BCUT2D eigenvalue weighted by Gasteiger charge is -2.23. The standard InChI is InChI=1S/C12H20N2O4/c1-7(2)5-14(6-10(13)15)11(16)8(3)9(4)12(17)18/h7H,5-6H2,1-4H3,(H2,13,15)(H,17,18). The molecule has 6 nitrogen and oxygen atoms in total. The molecule has 3 N–H and O–H groups in total. The second-order valence-corrected chi connectivity index (χ2v) is 4.60. The first-order valence-electron chi connectivity index (χ1n) is 5.65. The number of hydrogen-bond acceptors (Lipinski definition) is 3. The SMILES string of the molecule is CC(C(=O)O)=C(C)C(=O)N(CC(N)=O)CC(C)C. The van der Waals surface area contributed by atoms with Crippen LogP contribution in [0.25, 0.3) is 0 Å². The van der Waals surface area contributed by atoms with Crippen molar-refractivity contribution in [2.24, 2.45) is 11.7 Å². The molecule has 0 heterocycles. The first-order chi connectivity index (χ1) is 8.16. The third kappa shape index (κ3) is 4.99. The van der Waals surface area contributed by atoms with Gasteiger partial charge in [0.25, 0.3) is 0 Å². The minimum absolute atomic E-state index is 0.0294. The molecule has 0 aliphatic heterocycles. The Morgan fingerprint density at radius 3 is 2.00 bits per heavy atom. The molecule has 0 unspecified atom stereocenters. The Balaban J connectivity index is 5.12. The molecule has 18 heavy (non-hydrogen) atoms. The average Bonchev–Trinajstić information content (AvgIpc) is 2.23. The van der Waals surface area contributed by atoms with Crippen molar-refractivity contribution in [3.63, 3.8) is 0 Å². The summed E-state index contributed by atoms with van der Waals surface area (Å²) in [5.41, 5.74) is 5.16. The van der Waals surface area contributed by atoms with Crippen LogP contribution in [-0.4, -0.2) is 40.9 Å². The second kappa shape index (κ2) is 6.78. The summed E-state index contributed by atoms with van der Waals surface area (Å²) < 4.78 is 0. The van der Waals surface area contributed by atoms with Gasteiger partial charge in [0.1, 0.15) is 0 Å². The van der Waals surface area contributed by atoms with Crippen LogP contribution in [0.1, 0.15) is 27.7 Å². The number of carboxylic acid groups (broad SMARTS) is 1. The summed E-state index contributed by atoms with van der Waals surface area (Å²) in [6.07, 6.45) is 0. The van der Waals surface area contributed by atoms with E-state index in [1.807, 2.05) is 13.8 Å². The van der Waals surface area contributed by atoms with Crippen LogP contribution in [0, 0.1) is 5.92 Å². The molecule has 0 fully saturated rings. The van der Waals surface area contributed by atoms with E-state index >= 15 is 0 Å². The van der Waals surface area contributed by atoms with E-state index in [9.17, 15) is 14.4 Å². The van der Waals surface area contributed by atoms with E-state index < -0.39 is 17.8 Å². The van der Waals surface area contributed by atoms with Crippen molar-refractivity contribution in [1.29, 1.82) is 0 Å². The molecule has 0 aromatic carbocycles. The molecule has 0 aliphatic carbocycles. The fourth-order valence-corrected chi connectivity index (χ4v) is 1.41. The van der Waals surface area contributed by atoms with E-state index in [1.54, 1.807) is 0 Å². The fourth-order valence-electron chi connectivity index (χ4n) is 1.41. The monoisotopic (exact) mass is 256 g/mol. The van der Waals surface area contributed by atoms with Crippen molar-refractivity contribution in [3.05, 3.63) is 11.1 Å². The topological polar surface area (TPSA) is 101 Å². The molecule has 0 aromatic heterocycles. The van der Waals surface area contributed by atoms with Gasteiger partial charge in [-0.15, -0.1) is 0 Å². The molecule has 0 saturated carbocycles. The van der Waals surface area contributed by atoms with Gasteiger partial charge in [0.2, 0.25) is 11.8 Å². The Hall–Kier alpha value is -1.85. The predicted octanol–water partition coefficient (Wildman–Crippen LogP) is 0.377. The van der Waals surface area contributed by atoms with Crippen LogP contribution in [0.2, 0.25) is 0 Å². The number of primary amides is 1. The fraction of sp³-hybridized carbons (Fsp3) is 0.583. The molecular weight excluding hydrogens is 236 g/mol. The van der Waals surface area contributed by atoms with E-state index in [-0.39, 0.29) is 23.6 Å². The molecular formula is C12H20N2O4. The molecule has 0 spiro atoms. The highest BCUT2D eigenvalue weighted by molar-refractivity contribution is 6.02. The third-order valence-electron chi connectivity index (χ3n) is 2.42. The van der Waals surface area contributed by atoms with Crippen LogP contribution in [0.4, 0.5) is 0 Å². The molecule has 2 amide bonds. The molecule has 0 radical (unpaired) electrons. The number of amides is 2. The third-order valence-corrected chi connectivity index (χ3v) is 2.42. The summed E-state index contributed by atoms with van der Waals surface area (Å²) >= 11 is 0. The van der Waals surface area contributed by atoms with Crippen molar-refractivity contribution in [3.8, 4) is 0 Å². The zero-order valence-corrected chi connectivity index (χ0v) is 11.2. The largest absolute Gasteiger partial charge is 0.478 e. The Morgan fingerprint density at radius 2 is 1.67 bits per heavy atom. The van der Waals surface area contributed by atoms with Crippen LogP contribution in [0.15, 0.2) is 11.1 Å². The highest BCUT2D eigenvalue weighted by Crippen LogP contribution is 2.10. The van der Waals surface area contributed by atoms with Crippen LogP contribution >= 0.6 is 0 Å². The summed E-state index contributed by atoms with van der Waals surface area (Å²) in [7, 11) is 0. The average molecular weight is 256 g/mol. The molecule has 0 bridgehead atoms. The van der Waals surface area contributed by atoms with Gasteiger partial charge < -0.3 is 15.7 Å². The molecule has 0 rings (SSSR count). The maximum Gasteiger partial charge on any atom is 0.331 e. The molecule has 0 aromatic rings. The van der Waals surface area contributed by atoms with Crippen LogP contribution in [-0.2, 0) is 14.4 Å². The van der Waals surface area contributed by atoms with Crippen LogP contribution in [0.3, 0.4) is 0 Å². The number of carboxylic acids is 1. The van der Waals surface area contributed by atoms with Gasteiger partial charge in [0.15, 0.2) is 0 Å². The summed E-state index contributed by atoms with van der Waals surface area (Å²) in [4.78, 5) is 35.0. The Kier molecular flexibility index (Phi) is 6.08. The van der Waals surface area contributed by atoms with E-state index in [4.69, 9.17) is 10.8 Å². The quantitative estimate of drug-likeness (QED) is 0.671. The molecule has 0 atom stereocenters. The Bertz CT molecular complexity index is 386. The number of nitrogens with two attached hydrogens (primary N) is 1. The van der Waals surface area contributed by atoms with Crippen LogP contribution in [0.5, 0.6) is 0 Å². The van der Waals surface area contributed by atoms with E-state index in [1.165, 1.54) is 18.7 Å². The van der Waals surface area contributed by atoms with Gasteiger partial charge in [-0.1, -0.05) is 13.8 Å². The maximum atomic E-state index is 12.1. The molecule has 0 saturated heterocycles. The highest BCUT2D eigenvalue weighted by atomic mass is 16.4. The van der Waals surface area contributed by atoms with Gasteiger partial charge in [0.05, 0.1) is 6.54 Å². The lowest BCUT2D eigenvalue weighted by molar-refractivity contribution is -0.134. The highest BCUT2D eigenvalue weighted by Gasteiger charge is 2.21. The number of nitrogens with zero attached hydrogens (tertiary/aromatic N) is 1. The number of carbonyl (C=O) groups is 3. The van der Waals surface area contributed by atoms with Gasteiger partial charge in [0, 0.05) is 17.7 Å². The van der Waals surface area contributed by atoms with E-state index in [0.29, 0.717) is 6.54 Å². The zero-order chi connectivity index (χ0) is 14.5. The first kappa shape index (κ1) is 16.1. The van der Waals surface area contributed by atoms with Gasteiger partial charge in [-0.05, 0) is 19.8 Å². The Labute approximate surface area is 106 Å². The number of carbonyl (C=O) groups excluding carboxylic acids is 2. The molecule has 102 valence electrons. The second-order valence-electron chi connectivity index (χ2n) is 4.60. The van der Waals surface area contributed by atoms with Crippen molar-refractivity contribution < 1.29 is 19.5 Å². The van der Waals surface area contributed by atoms with Crippen molar-refractivity contribution >= 4 is 17.8 Å². The predicted molar refractivity (Wildman–Crippen MR) is 66.6 cm³/mol. The Morgan fingerprint density at radius 1 is 1.17 bits per heavy atom. The summed E-state index contributed by atoms with van der Waals surface area (Å²) in [5, 5.41) is 8.83. The van der Waals surface area contributed by atoms with Gasteiger partial charge >= 0.3 is 5.97 Å². The summed E-state index contributed by atoms with van der Waals surface area (Å²) in [5.74, 6) is -2.08. The lowest BCUT2D eigenvalue weighted by Crippen LogP contribution is -2.41. The van der Waals surface area contributed by atoms with Gasteiger partial charge in [-0.25, -0.2) is 4.79 Å².